The molecule has 6 heteroatoms. The van der Waals surface area contributed by atoms with Crippen molar-refractivity contribution < 1.29 is 29.7 Å². The molecule has 0 spiro atoms. The Morgan fingerprint density at radius 3 is 1.62 bits per heavy atom. The Balaban J connectivity index is 3.68. The number of benzene rings is 1. The Hall–Kier alpha value is -1.18. The second-order valence-corrected chi connectivity index (χ2v) is 13.1. The summed E-state index contributed by atoms with van der Waals surface area (Å²) in [6, 6.07) is 4.12. The van der Waals surface area contributed by atoms with Gasteiger partial charge in [-0.15, -0.1) is 0 Å². The van der Waals surface area contributed by atoms with Gasteiger partial charge in [0.1, 0.15) is 5.60 Å². The zero-order valence-electron chi connectivity index (χ0n) is 24.1. The first-order valence-corrected chi connectivity index (χ1v) is 12.4. The molecule has 1 unspecified atom stereocenters. The fourth-order valence-electron chi connectivity index (χ4n) is 3.68. The topological polar surface area (TPSA) is 66.4 Å². The van der Waals surface area contributed by atoms with Gasteiger partial charge in [-0.05, 0) is 105 Å². The van der Waals surface area contributed by atoms with Gasteiger partial charge in [-0.2, -0.15) is 0 Å². The SMILES string of the molecule is CC(C)c1cc(OO)c(C(CC(C)(C)OOC(C)(C)C)C(C)(C)OOC(C)(C)C)c(C(C)C)c1. The Morgan fingerprint density at radius 2 is 1.21 bits per heavy atom. The lowest BCUT2D eigenvalue weighted by molar-refractivity contribution is -0.413. The summed E-state index contributed by atoms with van der Waals surface area (Å²) in [6.45, 7) is 28.2. The summed E-state index contributed by atoms with van der Waals surface area (Å²) >= 11 is 0. The van der Waals surface area contributed by atoms with E-state index in [1.807, 2.05) is 75.3 Å². The predicted molar refractivity (Wildman–Crippen MR) is 137 cm³/mol. The quantitative estimate of drug-likeness (QED) is 0.253. The van der Waals surface area contributed by atoms with Gasteiger partial charge in [0, 0.05) is 11.5 Å². The van der Waals surface area contributed by atoms with E-state index in [2.05, 4.69) is 33.8 Å². The second-order valence-electron chi connectivity index (χ2n) is 13.1. The molecule has 0 saturated heterocycles. The van der Waals surface area contributed by atoms with Gasteiger partial charge in [-0.1, -0.05) is 33.8 Å². The minimum atomic E-state index is -0.786. The van der Waals surface area contributed by atoms with Crippen molar-refractivity contribution in [3.8, 4) is 5.75 Å². The third-order valence-corrected chi connectivity index (χ3v) is 5.49. The van der Waals surface area contributed by atoms with E-state index in [1.165, 1.54) is 0 Å². The highest BCUT2D eigenvalue weighted by Gasteiger charge is 2.42. The minimum Gasteiger partial charge on any atom is -0.340 e. The Kier molecular flexibility index (Phi) is 10.2. The van der Waals surface area contributed by atoms with E-state index < -0.39 is 22.4 Å². The van der Waals surface area contributed by atoms with Crippen LogP contribution in [0.3, 0.4) is 0 Å². The van der Waals surface area contributed by atoms with Crippen LogP contribution in [0.25, 0.3) is 0 Å². The molecule has 0 saturated carbocycles. The van der Waals surface area contributed by atoms with Crippen LogP contribution in [0.15, 0.2) is 12.1 Å². The van der Waals surface area contributed by atoms with Crippen LogP contribution in [0.1, 0.15) is 138 Å². The van der Waals surface area contributed by atoms with Crippen LogP contribution in [-0.2, 0) is 19.6 Å². The van der Waals surface area contributed by atoms with E-state index in [0.29, 0.717) is 12.2 Å². The zero-order valence-corrected chi connectivity index (χ0v) is 24.1. The molecule has 0 fully saturated rings. The first-order chi connectivity index (χ1) is 15.2. The molecule has 1 rings (SSSR count). The molecule has 0 aliphatic heterocycles. The van der Waals surface area contributed by atoms with Crippen molar-refractivity contribution in [2.45, 2.75) is 144 Å². The van der Waals surface area contributed by atoms with Gasteiger partial charge in [-0.25, -0.2) is 24.8 Å². The summed E-state index contributed by atoms with van der Waals surface area (Å²) in [5.41, 5.74) is 0.699. The molecule has 1 N–H and O–H groups in total. The van der Waals surface area contributed by atoms with Crippen LogP contribution < -0.4 is 4.89 Å². The second kappa shape index (κ2) is 11.3. The van der Waals surface area contributed by atoms with Crippen LogP contribution in [-0.4, -0.2) is 27.7 Å². The summed E-state index contributed by atoms with van der Waals surface area (Å²) in [4.78, 5) is 28.5. The first-order valence-electron chi connectivity index (χ1n) is 12.4. The van der Waals surface area contributed by atoms with Crippen molar-refractivity contribution in [3.05, 3.63) is 28.8 Å². The molecule has 0 aliphatic rings. The number of hydrogen-bond donors (Lipinski definition) is 1. The predicted octanol–water partition coefficient (Wildman–Crippen LogP) is 8.31. The molecule has 34 heavy (non-hydrogen) atoms. The smallest absolute Gasteiger partial charge is 0.169 e. The number of rotatable bonds is 11. The highest BCUT2D eigenvalue weighted by Crippen LogP contribution is 2.47. The van der Waals surface area contributed by atoms with Crippen molar-refractivity contribution in [2.75, 3.05) is 0 Å². The molecular formula is C28H50O6. The van der Waals surface area contributed by atoms with Gasteiger partial charge >= 0.3 is 0 Å². The first kappa shape index (κ1) is 30.9. The maximum atomic E-state index is 9.99. The van der Waals surface area contributed by atoms with Gasteiger partial charge in [-0.3, -0.25) is 0 Å². The average Bonchev–Trinajstić information content (AvgIpc) is 2.67. The van der Waals surface area contributed by atoms with Crippen LogP contribution >= 0.6 is 0 Å². The van der Waals surface area contributed by atoms with Crippen LogP contribution in [0.5, 0.6) is 5.75 Å². The van der Waals surface area contributed by atoms with Gasteiger partial charge in [0.15, 0.2) is 5.75 Å². The molecule has 0 bridgehead atoms. The third-order valence-electron chi connectivity index (χ3n) is 5.49. The summed E-state index contributed by atoms with van der Waals surface area (Å²) in [6.07, 6.45) is 0.528. The highest BCUT2D eigenvalue weighted by atomic mass is 17.2. The van der Waals surface area contributed by atoms with Gasteiger partial charge in [0.05, 0.1) is 16.8 Å². The molecule has 1 atom stereocenters. The lowest BCUT2D eigenvalue weighted by Gasteiger charge is -2.41. The molecule has 1 aromatic carbocycles. The summed E-state index contributed by atoms with van der Waals surface area (Å²) in [7, 11) is 0. The summed E-state index contributed by atoms with van der Waals surface area (Å²) in [5, 5.41) is 9.99. The van der Waals surface area contributed by atoms with E-state index in [4.69, 9.17) is 24.4 Å². The monoisotopic (exact) mass is 482 g/mol. The average molecular weight is 483 g/mol. The van der Waals surface area contributed by atoms with Gasteiger partial charge in [0.2, 0.25) is 0 Å². The van der Waals surface area contributed by atoms with E-state index in [1.54, 1.807) is 0 Å². The molecule has 198 valence electrons. The van der Waals surface area contributed by atoms with Crippen molar-refractivity contribution in [1.82, 2.24) is 0 Å². The molecule has 0 amide bonds. The van der Waals surface area contributed by atoms with Gasteiger partial charge < -0.3 is 4.89 Å². The molecular weight excluding hydrogens is 432 g/mol. The fourth-order valence-corrected chi connectivity index (χ4v) is 3.68. The third kappa shape index (κ3) is 9.46. The maximum absolute atomic E-state index is 9.99. The minimum absolute atomic E-state index is 0.194. The zero-order chi connectivity index (χ0) is 26.7. The summed E-state index contributed by atoms with van der Waals surface area (Å²) in [5.74, 6) is 0.653. The van der Waals surface area contributed by atoms with Crippen molar-refractivity contribution in [2.24, 2.45) is 0 Å². The van der Waals surface area contributed by atoms with Crippen molar-refractivity contribution in [1.29, 1.82) is 0 Å². The lowest BCUT2D eigenvalue weighted by Crippen LogP contribution is -2.41. The molecule has 0 aromatic heterocycles. The molecule has 6 nitrogen and oxygen atoms in total. The van der Waals surface area contributed by atoms with Crippen molar-refractivity contribution >= 4 is 0 Å². The molecule has 0 radical (unpaired) electrons. The van der Waals surface area contributed by atoms with Crippen LogP contribution in [0, 0.1) is 0 Å². The Bertz CT molecular complexity index is 781. The number of hydrogen-bond acceptors (Lipinski definition) is 6. The Labute approximate surface area is 208 Å². The highest BCUT2D eigenvalue weighted by molar-refractivity contribution is 5.49. The summed E-state index contributed by atoms with van der Waals surface area (Å²) < 4.78 is 0. The Morgan fingerprint density at radius 1 is 0.706 bits per heavy atom. The molecule has 0 heterocycles. The molecule has 1 aromatic rings. The molecule has 0 aliphatic carbocycles. The van der Waals surface area contributed by atoms with Crippen LogP contribution in [0.4, 0.5) is 0 Å². The lowest BCUT2D eigenvalue weighted by atomic mass is 9.73. The van der Waals surface area contributed by atoms with E-state index in [-0.39, 0.29) is 17.8 Å². The van der Waals surface area contributed by atoms with Crippen molar-refractivity contribution in [3.63, 3.8) is 0 Å². The van der Waals surface area contributed by atoms with E-state index in [0.717, 1.165) is 16.7 Å². The van der Waals surface area contributed by atoms with E-state index in [9.17, 15) is 5.26 Å². The standard InChI is InChI=1S/C28H50O6/c1-18(2)20-15-21(19(3)4)24(23(16-20)30-29)22(28(13,14)34-32-26(8,9)10)17-27(11,12)33-31-25(5,6)7/h15-16,18-19,22,29H,17H2,1-14H3. The normalized spacial score (nSPS) is 14.7. The van der Waals surface area contributed by atoms with Gasteiger partial charge in [0.25, 0.3) is 0 Å². The largest absolute Gasteiger partial charge is 0.340 e. The van der Waals surface area contributed by atoms with E-state index >= 15 is 0 Å². The fraction of sp³-hybridized carbons (Fsp3) is 0.786. The van der Waals surface area contributed by atoms with Crippen LogP contribution in [0.2, 0.25) is 0 Å². The maximum Gasteiger partial charge on any atom is 0.169 e.